The van der Waals surface area contributed by atoms with E-state index in [9.17, 15) is 9.59 Å². The molecule has 0 aromatic heterocycles. The lowest BCUT2D eigenvalue weighted by Crippen LogP contribution is -2.63. The van der Waals surface area contributed by atoms with Crippen LogP contribution in [0.3, 0.4) is 0 Å². The highest BCUT2D eigenvalue weighted by Gasteiger charge is 2.39. The summed E-state index contributed by atoms with van der Waals surface area (Å²) in [6, 6.07) is 7.17. The van der Waals surface area contributed by atoms with Gasteiger partial charge >= 0.3 is 6.09 Å². The number of nitrogens with zero attached hydrogens (tertiary/aromatic N) is 1. The Morgan fingerprint density at radius 2 is 2.11 bits per heavy atom. The van der Waals surface area contributed by atoms with Crippen molar-refractivity contribution in [1.82, 2.24) is 10.4 Å². The van der Waals surface area contributed by atoms with Crippen LogP contribution in [0.5, 0.6) is 0 Å². The molecule has 0 spiro atoms. The van der Waals surface area contributed by atoms with Gasteiger partial charge in [0, 0.05) is 5.69 Å². The third-order valence-corrected chi connectivity index (χ3v) is 2.84. The van der Waals surface area contributed by atoms with Crippen molar-refractivity contribution in [3.8, 4) is 0 Å². The second kappa shape index (κ2) is 4.79. The molecule has 2 rings (SSSR count). The molecule has 1 aromatic carbocycles. The lowest BCUT2D eigenvalue weighted by atomic mass is 10.0. The van der Waals surface area contributed by atoms with Crippen LogP contribution in [0.1, 0.15) is 31.1 Å². The molecule has 0 fully saturated rings. The first kappa shape index (κ1) is 13.2. The maximum Gasteiger partial charge on any atom is 0.426 e. The van der Waals surface area contributed by atoms with Crippen molar-refractivity contribution >= 4 is 17.7 Å². The molecule has 0 saturated carbocycles. The van der Waals surface area contributed by atoms with E-state index in [1.165, 1.54) is 5.01 Å². The number of nitrogens with one attached hydrogen (secondary N) is 2. The van der Waals surface area contributed by atoms with Gasteiger partial charge in [0.2, 0.25) is 0 Å². The van der Waals surface area contributed by atoms with E-state index in [1.807, 2.05) is 12.1 Å². The zero-order chi connectivity index (χ0) is 14.0. The molecule has 1 aliphatic rings. The number of hydrogen-bond donors (Lipinski definition) is 2. The lowest BCUT2D eigenvalue weighted by Gasteiger charge is -2.43. The molecule has 6 nitrogen and oxygen atoms in total. The molecule has 1 heterocycles. The van der Waals surface area contributed by atoms with E-state index in [2.05, 4.69) is 10.7 Å². The van der Waals surface area contributed by atoms with E-state index in [0.717, 1.165) is 5.69 Å². The summed E-state index contributed by atoms with van der Waals surface area (Å²) in [6.07, 6.45) is -0.648. The number of benzene rings is 1. The molecule has 0 saturated heterocycles. The first-order valence-electron chi connectivity index (χ1n) is 6.11. The Morgan fingerprint density at radius 1 is 1.42 bits per heavy atom. The fourth-order valence-electron chi connectivity index (χ4n) is 1.98. The molecule has 6 heteroatoms. The lowest BCUT2D eigenvalue weighted by molar-refractivity contribution is 0.0355. The summed E-state index contributed by atoms with van der Waals surface area (Å²) in [7, 11) is 0. The van der Waals surface area contributed by atoms with Crippen molar-refractivity contribution in [2.75, 3.05) is 11.9 Å². The largest absolute Gasteiger partial charge is 0.449 e. The number of hydrazine groups is 1. The molecule has 0 atom stereocenters. The van der Waals surface area contributed by atoms with E-state index in [4.69, 9.17) is 4.74 Å². The van der Waals surface area contributed by atoms with E-state index in [-0.39, 0.29) is 12.5 Å². The quantitative estimate of drug-likeness (QED) is 0.855. The van der Waals surface area contributed by atoms with Crippen LogP contribution in [0.4, 0.5) is 10.5 Å². The Bertz CT molecular complexity index is 514. The van der Waals surface area contributed by atoms with E-state index in [0.29, 0.717) is 5.56 Å². The third-order valence-electron chi connectivity index (χ3n) is 2.84. The van der Waals surface area contributed by atoms with Crippen molar-refractivity contribution in [2.24, 2.45) is 0 Å². The molecule has 102 valence electrons. The normalized spacial score (nSPS) is 16.4. The second-order valence-corrected chi connectivity index (χ2v) is 4.70. The molecule has 0 unspecified atom stereocenters. The Balaban J connectivity index is 2.29. The maximum absolute atomic E-state index is 12.4. The smallest absolute Gasteiger partial charge is 0.426 e. The first-order chi connectivity index (χ1) is 8.95. The van der Waals surface area contributed by atoms with Crippen LogP contribution in [0, 0.1) is 0 Å². The highest BCUT2D eigenvalue weighted by atomic mass is 16.6. The van der Waals surface area contributed by atoms with Gasteiger partial charge in [0.25, 0.3) is 5.91 Å². The van der Waals surface area contributed by atoms with Crippen LogP contribution in [0.25, 0.3) is 0 Å². The summed E-state index contributed by atoms with van der Waals surface area (Å²) in [4.78, 5) is 23.9. The summed E-state index contributed by atoms with van der Waals surface area (Å²) in [6.45, 7) is 5.55. The van der Waals surface area contributed by atoms with E-state index >= 15 is 0 Å². The second-order valence-electron chi connectivity index (χ2n) is 4.70. The summed E-state index contributed by atoms with van der Waals surface area (Å²) in [5, 5.41) is 4.44. The SMILES string of the molecule is CCOC(=O)NN1C(=O)c2ccccc2NC1(C)C. The zero-order valence-corrected chi connectivity index (χ0v) is 11.2. The van der Waals surface area contributed by atoms with Crippen LogP contribution in [0.15, 0.2) is 24.3 Å². The van der Waals surface area contributed by atoms with Gasteiger partial charge in [0.15, 0.2) is 0 Å². The van der Waals surface area contributed by atoms with Crippen LogP contribution >= 0.6 is 0 Å². The summed E-state index contributed by atoms with van der Waals surface area (Å²) in [5.41, 5.74) is 2.99. The Hall–Kier alpha value is -2.24. The minimum absolute atomic E-state index is 0.248. The molecule has 2 amide bonds. The minimum atomic E-state index is -0.738. The number of carbonyl (C=O) groups is 2. The van der Waals surface area contributed by atoms with Crippen molar-refractivity contribution in [3.05, 3.63) is 29.8 Å². The number of amides is 2. The van der Waals surface area contributed by atoms with Gasteiger partial charge in [-0.1, -0.05) is 12.1 Å². The van der Waals surface area contributed by atoms with Gasteiger partial charge in [0.1, 0.15) is 5.66 Å². The molecule has 2 N–H and O–H groups in total. The standard InChI is InChI=1S/C13H17N3O3/c1-4-19-12(18)15-16-11(17)9-7-5-6-8-10(9)14-13(16,2)3/h5-8,14H,4H2,1-3H3,(H,15,18). The number of rotatable bonds is 2. The fourth-order valence-corrected chi connectivity index (χ4v) is 1.98. The number of ether oxygens (including phenoxy) is 1. The number of para-hydroxylation sites is 1. The van der Waals surface area contributed by atoms with Gasteiger partial charge in [-0.15, -0.1) is 0 Å². The van der Waals surface area contributed by atoms with Crippen molar-refractivity contribution in [2.45, 2.75) is 26.4 Å². The Kier molecular flexibility index (Phi) is 3.33. The van der Waals surface area contributed by atoms with Gasteiger partial charge in [-0.25, -0.2) is 15.2 Å². The zero-order valence-electron chi connectivity index (χ0n) is 11.2. The Morgan fingerprint density at radius 3 is 2.79 bits per heavy atom. The molecular formula is C13H17N3O3. The van der Waals surface area contributed by atoms with E-state index < -0.39 is 11.8 Å². The molecule has 0 aliphatic carbocycles. The van der Waals surface area contributed by atoms with Crippen LogP contribution in [0.2, 0.25) is 0 Å². The van der Waals surface area contributed by atoms with Crippen LogP contribution in [-0.2, 0) is 4.74 Å². The predicted octanol–water partition coefficient (Wildman–Crippen LogP) is 1.95. The molecular weight excluding hydrogens is 246 g/mol. The third kappa shape index (κ3) is 2.47. The average molecular weight is 263 g/mol. The highest BCUT2D eigenvalue weighted by Crippen LogP contribution is 2.29. The van der Waals surface area contributed by atoms with Gasteiger partial charge in [-0.2, -0.15) is 0 Å². The number of carbonyl (C=O) groups excluding carboxylic acids is 2. The molecule has 1 aliphatic heterocycles. The summed E-state index contributed by atoms with van der Waals surface area (Å²) in [5.74, 6) is -0.271. The van der Waals surface area contributed by atoms with Crippen molar-refractivity contribution in [1.29, 1.82) is 0 Å². The number of fused-ring (bicyclic) bond motifs is 1. The van der Waals surface area contributed by atoms with Crippen molar-refractivity contribution in [3.63, 3.8) is 0 Å². The monoisotopic (exact) mass is 263 g/mol. The van der Waals surface area contributed by atoms with Gasteiger partial charge in [-0.05, 0) is 32.9 Å². The van der Waals surface area contributed by atoms with E-state index in [1.54, 1.807) is 32.9 Å². The van der Waals surface area contributed by atoms with Crippen molar-refractivity contribution < 1.29 is 14.3 Å². The topological polar surface area (TPSA) is 70.7 Å². The molecule has 19 heavy (non-hydrogen) atoms. The average Bonchev–Trinajstić information content (AvgIpc) is 2.34. The summed E-state index contributed by atoms with van der Waals surface area (Å²) < 4.78 is 4.80. The number of hydrogen-bond acceptors (Lipinski definition) is 4. The van der Waals surface area contributed by atoms with Crippen LogP contribution < -0.4 is 10.7 Å². The van der Waals surface area contributed by atoms with Gasteiger partial charge in [0.05, 0.1) is 12.2 Å². The Labute approximate surface area is 111 Å². The fraction of sp³-hybridized carbons (Fsp3) is 0.385. The maximum atomic E-state index is 12.4. The van der Waals surface area contributed by atoms with Gasteiger partial charge in [-0.3, -0.25) is 4.79 Å². The number of anilines is 1. The highest BCUT2D eigenvalue weighted by molar-refractivity contribution is 6.02. The predicted molar refractivity (Wildman–Crippen MR) is 70.5 cm³/mol. The molecule has 0 radical (unpaired) electrons. The first-order valence-corrected chi connectivity index (χ1v) is 6.11. The van der Waals surface area contributed by atoms with Crippen LogP contribution in [-0.4, -0.2) is 29.3 Å². The summed E-state index contributed by atoms with van der Waals surface area (Å²) >= 11 is 0. The minimum Gasteiger partial charge on any atom is -0.449 e. The molecule has 1 aromatic rings. The molecule has 0 bridgehead atoms. The van der Waals surface area contributed by atoms with Gasteiger partial charge < -0.3 is 10.1 Å².